The van der Waals surface area contributed by atoms with Crippen LogP contribution in [0.4, 0.5) is 11.4 Å². The fourth-order valence-electron chi connectivity index (χ4n) is 5.67. The fraction of sp³-hybridized carbons (Fsp3) is 0.0270. The summed E-state index contributed by atoms with van der Waals surface area (Å²) in [6.07, 6.45) is 0.837. The number of hydrogen-bond acceptors (Lipinski definition) is 6. The molecule has 0 amide bonds. The Labute approximate surface area is 249 Å². The molecule has 6 heteroatoms. The zero-order chi connectivity index (χ0) is 29.5. The van der Waals surface area contributed by atoms with Gasteiger partial charge in [-0.25, -0.2) is 0 Å². The minimum absolute atomic E-state index is 0.0101. The van der Waals surface area contributed by atoms with Crippen molar-refractivity contribution in [2.75, 3.05) is 11.5 Å². The van der Waals surface area contributed by atoms with Crippen molar-refractivity contribution >= 4 is 11.4 Å². The van der Waals surface area contributed by atoms with E-state index in [1.807, 2.05) is 48.5 Å². The predicted molar refractivity (Wildman–Crippen MR) is 171 cm³/mol. The first-order valence-electron chi connectivity index (χ1n) is 13.9. The maximum absolute atomic E-state index is 10.2. The molecule has 0 bridgehead atoms. The molecule has 6 aromatic carbocycles. The van der Waals surface area contributed by atoms with Gasteiger partial charge in [-0.1, -0.05) is 60.7 Å². The third kappa shape index (κ3) is 4.96. The Bertz CT molecular complexity index is 1980. The first-order valence-corrected chi connectivity index (χ1v) is 13.9. The van der Waals surface area contributed by atoms with Crippen LogP contribution < -0.4 is 20.9 Å². The molecule has 0 radical (unpaired) electrons. The highest BCUT2D eigenvalue weighted by molar-refractivity contribution is 5.93. The van der Waals surface area contributed by atoms with Crippen molar-refractivity contribution in [2.24, 2.45) is 0 Å². The summed E-state index contributed by atoms with van der Waals surface area (Å²) >= 11 is 0. The van der Waals surface area contributed by atoms with Crippen molar-refractivity contribution in [3.8, 4) is 67.9 Å². The van der Waals surface area contributed by atoms with Gasteiger partial charge in [0, 0.05) is 23.5 Å². The Morgan fingerprint density at radius 1 is 0.512 bits per heavy atom. The van der Waals surface area contributed by atoms with Gasteiger partial charge in [0.25, 0.3) is 0 Å². The number of aromatic hydroxyl groups is 2. The van der Waals surface area contributed by atoms with Crippen LogP contribution in [0.1, 0.15) is 11.1 Å². The fourth-order valence-corrected chi connectivity index (χ4v) is 5.67. The number of hydrogen-bond donors (Lipinski definition) is 4. The van der Waals surface area contributed by atoms with E-state index in [1.165, 1.54) is 34.4 Å². The van der Waals surface area contributed by atoms with Gasteiger partial charge in [0.15, 0.2) is 23.0 Å². The minimum atomic E-state index is -0.0106. The van der Waals surface area contributed by atoms with Crippen LogP contribution in [0, 0.1) is 0 Å². The van der Waals surface area contributed by atoms with Gasteiger partial charge in [0.2, 0.25) is 0 Å². The lowest BCUT2D eigenvalue weighted by Gasteiger charge is -2.17. The van der Waals surface area contributed by atoms with Gasteiger partial charge in [-0.2, -0.15) is 0 Å². The maximum Gasteiger partial charge on any atom is 0.169 e. The lowest BCUT2D eigenvalue weighted by atomic mass is 9.88. The largest absolute Gasteiger partial charge is 0.504 e. The summed E-state index contributed by atoms with van der Waals surface area (Å²) in [5.74, 6) is 1.87. The van der Waals surface area contributed by atoms with Crippen molar-refractivity contribution in [1.82, 2.24) is 0 Å². The molecule has 7 rings (SSSR count). The van der Waals surface area contributed by atoms with Gasteiger partial charge >= 0.3 is 0 Å². The van der Waals surface area contributed by atoms with Crippen LogP contribution in [0.5, 0.6) is 34.5 Å². The zero-order valence-corrected chi connectivity index (χ0v) is 23.1. The number of rotatable bonds is 6. The van der Waals surface area contributed by atoms with E-state index in [2.05, 4.69) is 36.4 Å². The van der Waals surface area contributed by atoms with Gasteiger partial charge in [-0.05, 0) is 99.5 Å². The second kappa shape index (κ2) is 10.5. The van der Waals surface area contributed by atoms with Crippen LogP contribution in [0.25, 0.3) is 33.4 Å². The third-order valence-electron chi connectivity index (χ3n) is 7.72. The summed E-state index contributed by atoms with van der Waals surface area (Å²) in [5.41, 5.74) is 21.9. The van der Waals surface area contributed by atoms with E-state index in [4.69, 9.17) is 20.9 Å². The second-order valence-electron chi connectivity index (χ2n) is 10.6. The summed E-state index contributed by atoms with van der Waals surface area (Å²) < 4.78 is 11.9. The number of nitrogens with two attached hydrogens (primary N) is 2. The van der Waals surface area contributed by atoms with Crippen LogP contribution in [0.2, 0.25) is 0 Å². The summed E-state index contributed by atoms with van der Waals surface area (Å²) in [4.78, 5) is 0. The first kappa shape index (κ1) is 26.0. The van der Waals surface area contributed by atoms with E-state index >= 15 is 0 Å². The van der Waals surface area contributed by atoms with Crippen LogP contribution >= 0.6 is 0 Å². The highest BCUT2D eigenvalue weighted by atomic mass is 16.5. The second-order valence-corrected chi connectivity index (χ2v) is 10.6. The number of fused-ring (bicyclic) bond motifs is 3. The average molecular weight is 565 g/mol. The molecule has 0 aliphatic heterocycles. The molecule has 210 valence electrons. The lowest BCUT2D eigenvalue weighted by Crippen LogP contribution is -1.94. The molecular weight excluding hydrogens is 536 g/mol. The van der Waals surface area contributed by atoms with Gasteiger partial charge in [0.05, 0.1) is 0 Å². The SMILES string of the molecule is Nc1ccc(Oc2ccc(-c3ccc4c(c3-c3ccc(Oc5ccc(N)cc5O)cc3)Cc3ccccc3-4)cc2)c(O)c1. The Kier molecular flexibility index (Phi) is 6.36. The quantitative estimate of drug-likeness (QED) is 0.150. The predicted octanol–water partition coefficient (Wildman–Crippen LogP) is 8.75. The highest BCUT2D eigenvalue weighted by Crippen LogP contribution is 2.46. The average Bonchev–Trinajstić information content (AvgIpc) is 3.39. The molecule has 1 aliphatic carbocycles. The lowest BCUT2D eigenvalue weighted by molar-refractivity contribution is 0.411. The molecule has 0 unspecified atom stereocenters. The summed E-state index contributed by atoms with van der Waals surface area (Å²) in [6.45, 7) is 0. The number of phenols is 2. The number of anilines is 2. The van der Waals surface area contributed by atoms with E-state index < -0.39 is 0 Å². The van der Waals surface area contributed by atoms with E-state index in [9.17, 15) is 10.2 Å². The molecule has 0 heterocycles. The molecular formula is C37H28N2O4. The number of nitrogen functional groups attached to an aromatic ring is 2. The first-order chi connectivity index (χ1) is 20.9. The van der Waals surface area contributed by atoms with Gasteiger partial charge in [-0.15, -0.1) is 0 Å². The Morgan fingerprint density at radius 3 is 1.63 bits per heavy atom. The molecule has 6 nitrogen and oxygen atoms in total. The minimum Gasteiger partial charge on any atom is -0.504 e. The van der Waals surface area contributed by atoms with Crippen molar-refractivity contribution in [2.45, 2.75) is 6.42 Å². The summed E-state index contributed by atoms with van der Waals surface area (Å²) in [6, 6.07) is 38.3. The summed E-state index contributed by atoms with van der Waals surface area (Å²) in [5, 5.41) is 20.4. The van der Waals surface area contributed by atoms with E-state index in [1.54, 1.807) is 24.3 Å². The molecule has 6 aromatic rings. The molecule has 0 aromatic heterocycles. The van der Waals surface area contributed by atoms with Crippen LogP contribution in [0.3, 0.4) is 0 Å². The molecule has 6 N–H and O–H groups in total. The monoisotopic (exact) mass is 564 g/mol. The molecule has 0 atom stereocenters. The van der Waals surface area contributed by atoms with Crippen molar-refractivity contribution in [3.05, 3.63) is 132 Å². The Hall–Kier alpha value is -5.88. The maximum atomic E-state index is 10.2. The molecule has 0 saturated carbocycles. The molecule has 1 aliphatic rings. The van der Waals surface area contributed by atoms with Crippen molar-refractivity contribution in [3.63, 3.8) is 0 Å². The van der Waals surface area contributed by atoms with Crippen molar-refractivity contribution < 1.29 is 19.7 Å². The topological polar surface area (TPSA) is 111 Å². The van der Waals surface area contributed by atoms with Gasteiger partial charge in [-0.3, -0.25) is 0 Å². The van der Waals surface area contributed by atoms with Crippen LogP contribution in [-0.4, -0.2) is 10.2 Å². The number of phenolic OH excluding ortho intramolecular Hbond substituents is 2. The highest BCUT2D eigenvalue weighted by Gasteiger charge is 2.24. The molecule has 0 fully saturated rings. The molecule has 0 saturated heterocycles. The summed E-state index contributed by atoms with van der Waals surface area (Å²) in [7, 11) is 0. The van der Waals surface area contributed by atoms with Crippen LogP contribution in [-0.2, 0) is 6.42 Å². The van der Waals surface area contributed by atoms with Crippen molar-refractivity contribution in [1.29, 1.82) is 0 Å². The third-order valence-corrected chi connectivity index (χ3v) is 7.72. The normalized spacial score (nSPS) is 11.5. The smallest absolute Gasteiger partial charge is 0.169 e. The van der Waals surface area contributed by atoms with E-state index in [0.29, 0.717) is 34.4 Å². The van der Waals surface area contributed by atoms with Crippen LogP contribution in [0.15, 0.2) is 121 Å². The number of benzene rings is 6. The molecule has 0 spiro atoms. The van der Waals surface area contributed by atoms with E-state index in [-0.39, 0.29) is 11.5 Å². The Balaban J connectivity index is 1.26. The Morgan fingerprint density at radius 2 is 1.05 bits per heavy atom. The van der Waals surface area contributed by atoms with Gasteiger partial charge < -0.3 is 31.2 Å². The number of ether oxygens (including phenoxy) is 2. The standard InChI is InChI=1S/C37H28N2O4/c38-25-9-17-35(33(40)20-25)42-27-11-5-22(6-12-27)30-15-16-31-29-4-2-1-3-24(29)19-32(31)37(30)23-7-13-28(14-8-23)43-36-18-10-26(39)21-34(36)41/h1-18,20-21,40-41H,19,38-39H2. The van der Waals surface area contributed by atoms with Gasteiger partial charge in [0.1, 0.15) is 11.5 Å². The van der Waals surface area contributed by atoms with E-state index in [0.717, 1.165) is 28.7 Å². The zero-order valence-electron chi connectivity index (χ0n) is 23.1. The molecule has 43 heavy (non-hydrogen) atoms.